The molecule has 1 N–H and O–H groups in total. The van der Waals surface area contributed by atoms with Crippen LogP contribution in [0.3, 0.4) is 0 Å². The molecule has 1 amide bonds. The maximum Gasteiger partial charge on any atom is 0.356 e. The highest BCUT2D eigenvalue weighted by molar-refractivity contribution is 7.54. The summed E-state index contributed by atoms with van der Waals surface area (Å²) < 4.78 is 39.6. The van der Waals surface area contributed by atoms with Gasteiger partial charge in [0.15, 0.2) is 5.78 Å². The fourth-order valence-corrected chi connectivity index (χ4v) is 4.47. The van der Waals surface area contributed by atoms with Gasteiger partial charge >= 0.3 is 13.6 Å². The summed E-state index contributed by atoms with van der Waals surface area (Å²) >= 11 is 5.98. The predicted octanol–water partition coefficient (Wildman–Crippen LogP) is 4.85. The number of methoxy groups -OCH3 is 2. The van der Waals surface area contributed by atoms with Gasteiger partial charge in [-0.2, -0.15) is 9.97 Å². The predicted molar refractivity (Wildman–Crippen MR) is 125 cm³/mol. The van der Waals surface area contributed by atoms with Crippen LogP contribution < -0.4 is 19.5 Å². The zero-order chi connectivity index (χ0) is 24.7. The molecule has 2 aromatic carbocycles. The van der Waals surface area contributed by atoms with E-state index in [2.05, 4.69) is 15.3 Å². The minimum Gasteiger partial charge on any atom is -0.481 e. The lowest BCUT2D eigenvalue weighted by molar-refractivity contribution is 0.0938. The largest absolute Gasteiger partial charge is 0.481 e. The molecule has 0 radical (unpaired) electrons. The van der Waals surface area contributed by atoms with Gasteiger partial charge in [0.2, 0.25) is 11.8 Å². The number of nitrogens with zero attached hydrogens (tertiary/aromatic N) is 2. The van der Waals surface area contributed by atoms with Crippen LogP contribution in [0.1, 0.15) is 21.7 Å². The number of rotatable bonds is 10. The minimum atomic E-state index is -3.78. The third-order valence-electron chi connectivity index (χ3n) is 4.69. The molecular formula is C22H23ClN3O7P. The molecule has 1 aromatic heterocycles. The number of hydrogen-bond acceptors (Lipinski definition) is 9. The van der Waals surface area contributed by atoms with Crippen molar-refractivity contribution in [2.24, 2.45) is 0 Å². The topological polar surface area (TPSA) is 118 Å². The second kappa shape index (κ2) is 11.3. The molecule has 0 bridgehead atoms. The van der Waals surface area contributed by atoms with Gasteiger partial charge in [-0.1, -0.05) is 35.9 Å². The molecular weight excluding hydrogens is 485 g/mol. The number of aromatic nitrogens is 2. The number of carbonyl (C=O) groups is 1. The SMILES string of the molecule is COc1cc(OC)nc(Oc2ccccc2C(=O)NC(c2ccc(Cl)cc2)P(=O)(OC)OC)n1. The summed E-state index contributed by atoms with van der Waals surface area (Å²) in [7, 11) is 1.58. The molecule has 1 heterocycles. The van der Waals surface area contributed by atoms with Gasteiger partial charge in [-0.15, -0.1) is 0 Å². The van der Waals surface area contributed by atoms with Gasteiger partial charge in [0.05, 0.1) is 25.8 Å². The molecule has 0 aliphatic carbocycles. The maximum atomic E-state index is 13.3. The van der Waals surface area contributed by atoms with Crippen LogP contribution >= 0.6 is 19.2 Å². The maximum absolute atomic E-state index is 13.3. The highest BCUT2D eigenvalue weighted by Gasteiger charge is 2.37. The minimum absolute atomic E-state index is 0.0924. The van der Waals surface area contributed by atoms with E-state index in [1.165, 1.54) is 40.6 Å². The first-order valence-corrected chi connectivity index (χ1v) is 11.8. The monoisotopic (exact) mass is 507 g/mol. The number of carbonyl (C=O) groups excluding carboxylic acids is 1. The fourth-order valence-electron chi connectivity index (χ4n) is 2.96. The van der Waals surface area contributed by atoms with E-state index in [9.17, 15) is 9.36 Å². The Hall–Kier alpha value is -3.17. The van der Waals surface area contributed by atoms with Crippen molar-refractivity contribution < 1.29 is 32.6 Å². The van der Waals surface area contributed by atoms with Crippen LogP contribution in [-0.2, 0) is 13.6 Å². The molecule has 34 heavy (non-hydrogen) atoms. The lowest BCUT2D eigenvalue weighted by atomic mass is 10.1. The zero-order valence-corrected chi connectivity index (χ0v) is 20.5. The van der Waals surface area contributed by atoms with Crippen molar-refractivity contribution in [2.45, 2.75) is 5.78 Å². The summed E-state index contributed by atoms with van der Waals surface area (Å²) in [6.45, 7) is 0. The van der Waals surface area contributed by atoms with E-state index >= 15 is 0 Å². The van der Waals surface area contributed by atoms with Crippen LogP contribution in [0.5, 0.6) is 23.5 Å². The van der Waals surface area contributed by atoms with Gasteiger partial charge in [0, 0.05) is 19.2 Å². The van der Waals surface area contributed by atoms with Crippen LogP contribution in [0, 0.1) is 0 Å². The second-order valence-corrected chi connectivity index (χ2v) is 9.43. The molecule has 180 valence electrons. The average Bonchev–Trinajstić information content (AvgIpc) is 2.87. The standard InChI is InChI=1S/C22H23ClN3O7P/c1-29-18-13-19(30-2)25-22(24-18)33-17-8-6-5-7-16(17)20(27)26-21(34(28,31-3)32-4)14-9-11-15(23)12-10-14/h5-13,21H,1-4H3,(H,26,27). The summed E-state index contributed by atoms with van der Waals surface area (Å²) in [5.41, 5.74) is 0.606. The van der Waals surface area contributed by atoms with Crippen molar-refractivity contribution in [2.75, 3.05) is 28.4 Å². The highest BCUT2D eigenvalue weighted by Crippen LogP contribution is 2.58. The molecule has 0 spiro atoms. The molecule has 3 rings (SSSR count). The lowest BCUT2D eigenvalue weighted by Gasteiger charge is -2.26. The van der Waals surface area contributed by atoms with Crippen LogP contribution in [0.2, 0.25) is 5.02 Å². The summed E-state index contributed by atoms with van der Waals surface area (Å²) in [5.74, 6) is -1.14. The van der Waals surface area contributed by atoms with Gasteiger partial charge in [0.25, 0.3) is 5.91 Å². The first-order chi connectivity index (χ1) is 16.3. The smallest absolute Gasteiger partial charge is 0.356 e. The highest BCUT2D eigenvalue weighted by atomic mass is 35.5. The van der Waals surface area contributed by atoms with Gasteiger partial charge in [0.1, 0.15) is 5.75 Å². The molecule has 0 aliphatic heterocycles. The van der Waals surface area contributed by atoms with E-state index < -0.39 is 19.3 Å². The third kappa shape index (κ3) is 5.84. The Balaban J connectivity index is 1.95. The number of nitrogens with one attached hydrogen (secondary N) is 1. The number of ether oxygens (including phenoxy) is 3. The van der Waals surface area contributed by atoms with E-state index in [1.54, 1.807) is 42.5 Å². The molecule has 0 aliphatic rings. The van der Waals surface area contributed by atoms with Gasteiger partial charge < -0.3 is 28.6 Å². The van der Waals surface area contributed by atoms with E-state index in [0.717, 1.165) is 0 Å². The normalized spacial score (nSPS) is 12.0. The zero-order valence-electron chi connectivity index (χ0n) is 18.9. The number of halogens is 1. The number of para-hydroxylation sites is 1. The van der Waals surface area contributed by atoms with Crippen molar-refractivity contribution in [1.82, 2.24) is 15.3 Å². The second-order valence-electron chi connectivity index (χ2n) is 6.67. The Kier molecular flexibility index (Phi) is 8.46. The Morgan fingerprint density at radius 2 is 1.53 bits per heavy atom. The van der Waals surface area contributed by atoms with Crippen LogP contribution in [-0.4, -0.2) is 44.3 Å². The fraction of sp³-hybridized carbons (Fsp3) is 0.227. The van der Waals surface area contributed by atoms with Crippen molar-refractivity contribution in [3.63, 3.8) is 0 Å². The van der Waals surface area contributed by atoms with Gasteiger partial charge in [-0.05, 0) is 29.8 Å². The molecule has 0 saturated carbocycles. The first kappa shape index (κ1) is 25.5. The Morgan fingerprint density at radius 1 is 0.941 bits per heavy atom. The summed E-state index contributed by atoms with van der Waals surface area (Å²) in [5, 5.41) is 3.20. The van der Waals surface area contributed by atoms with Crippen LogP contribution in [0.4, 0.5) is 0 Å². The Labute approximate surface area is 201 Å². The number of benzene rings is 2. The average molecular weight is 508 g/mol. The third-order valence-corrected chi connectivity index (χ3v) is 7.02. The molecule has 1 unspecified atom stereocenters. The van der Waals surface area contributed by atoms with Crippen molar-refractivity contribution in [3.05, 3.63) is 70.7 Å². The molecule has 0 saturated heterocycles. The van der Waals surface area contributed by atoms with E-state index in [-0.39, 0.29) is 29.1 Å². The molecule has 10 nitrogen and oxygen atoms in total. The van der Waals surface area contributed by atoms with Crippen LogP contribution in [0.25, 0.3) is 0 Å². The quantitative estimate of drug-likeness (QED) is 0.384. The molecule has 12 heteroatoms. The number of amides is 1. The van der Waals surface area contributed by atoms with Crippen molar-refractivity contribution in [1.29, 1.82) is 0 Å². The van der Waals surface area contributed by atoms with Crippen LogP contribution in [0.15, 0.2) is 54.6 Å². The first-order valence-electron chi connectivity index (χ1n) is 9.85. The summed E-state index contributed by atoms with van der Waals surface area (Å²) in [4.78, 5) is 21.5. The van der Waals surface area contributed by atoms with Gasteiger partial charge in [-0.3, -0.25) is 9.36 Å². The van der Waals surface area contributed by atoms with E-state index in [4.69, 9.17) is 34.9 Å². The van der Waals surface area contributed by atoms with E-state index in [0.29, 0.717) is 10.6 Å². The van der Waals surface area contributed by atoms with Crippen molar-refractivity contribution in [3.8, 4) is 23.5 Å². The summed E-state index contributed by atoms with van der Waals surface area (Å²) in [6.07, 6.45) is 0. The Bertz CT molecular complexity index is 1160. The molecule has 3 aromatic rings. The van der Waals surface area contributed by atoms with E-state index in [1.807, 2.05) is 0 Å². The Morgan fingerprint density at radius 3 is 2.09 bits per heavy atom. The molecule has 0 fully saturated rings. The summed E-state index contributed by atoms with van der Waals surface area (Å²) in [6, 6.07) is 14.3. The van der Waals surface area contributed by atoms with Gasteiger partial charge in [-0.25, -0.2) is 0 Å². The number of hydrogen-bond donors (Lipinski definition) is 1. The lowest BCUT2D eigenvalue weighted by Crippen LogP contribution is -2.29. The molecule has 1 atom stereocenters. The van der Waals surface area contributed by atoms with Crippen molar-refractivity contribution >= 4 is 25.1 Å².